The van der Waals surface area contributed by atoms with Crippen LogP contribution in [0.2, 0.25) is 19.6 Å². The summed E-state index contributed by atoms with van der Waals surface area (Å²) in [4.78, 5) is 50.1. The van der Waals surface area contributed by atoms with Gasteiger partial charge in [-0.15, -0.1) is 0 Å². The van der Waals surface area contributed by atoms with Crippen LogP contribution in [0.15, 0.2) is 134 Å². The predicted molar refractivity (Wildman–Crippen MR) is 404 cm³/mol. The molecule has 0 bridgehead atoms. The molecular weight excluding hydrogens is 1610 g/mol. The number of halogens is 5. The van der Waals surface area contributed by atoms with Gasteiger partial charge in [-0.2, -0.15) is 23.9 Å². The Kier molecular flexibility index (Phi) is 38.0. The summed E-state index contributed by atoms with van der Waals surface area (Å²) in [6.45, 7) is 38.6. The Hall–Kier alpha value is -3.76. The number of rotatable bonds is 7. The first-order valence-corrected chi connectivity index (χ1v) is 49.7. The molecule has 0 saturated carbocycles. The molecule has 3 saturated heterocycles. The van der Waals surface area contributed by atoms with Crippen LogP contribution in [0.3, 0.4) is 0 Å². The van der Waals surface area contributed by atoms with E-state index in [2.05, 4.69) is 185 Å². The minimum atomic E-state index is -1.14. The second kappa shape index (κ2) is 42.3. The largest absolute Gasteiger partial charge is 0.464 e. The van der Waals surface area contributed by atoms with Gasteiger partial charge >= 0.3 is 52.8 Å². The number of pyridine rings is 2. The van der Waals surface area contributed by atoms with Gasteiger partial charge in [0.25, 0.3) is 0 Å². The van der Waals surface area contributed by atoms with Gasteiger partial charge in [0.1, 0.15) is 64.9 Å². The van der Waals surface area contributed by atoms with E-state index in [1.54, 1.807) is 23.7 Å². The molecule has 10 rings (SSSR count). The Morgan fingerprint density at radius 1 is 0.564 bits per heavy atom. The number of aryl methyl sites for hydroxylation is 4. The zero-order valence-electron chi connectivity index (χ0n) is 58.5. The second-order valence-corrected chi connectivity index (χ2v) is 38.4. The Bertz CT molecular complexity index is 3110. The molecule has 0 aliphatic carbocycles. The van der Waals surface area contributed by atoms with Crippen molar-refractivity contribution in [3.8, 4) is 11.6 Å². The Labute approximate surface area is 614 Å². The standard InChI is InChI=1S/C21H29N3O2.C12H9O3P.C11H11BrN2.C11H21NO2.C10H18NO2.C3H9ClSi.C2H4Br2.HI.Zn/c1-15-9-10-16(2)24(15)19-8-6-7-18(22-19)17-11-13-23(14-12-17)20(25)26-21(3,4)5;1-4-10(13-7-1)16(11-5-2-8-14-11)12-6-3-9-15-12;1-8-6-7-9(2)14(8)11-5-3-4-10(12)13-11;1-9-5-7-12(8-6-9)10(13)14-11(2,3)4;1-10(2,3)13-9(12)11-7-5-4-6-8-11;1-5(2,3)4;3-1-2-4;;/h6-10,17H,11-14H2,1-5H3;1-9H;3-7H,1-2H3;9H,5-8H2,1-4H3;4H,5-8H2,1-3H3;1-3H3;1-2H2;1H;/q;;;;-1;;;;+2/p-1. The smallest absolute Gasteiger partial charge is 0.140 e. The van der Waals surface area contributed by atoms with Crippen LogP contribution in [0.5, 0.6) is 0 Å². The minimum absolute atomic E-state index is 0.163. The number of piperidine rings is 3. The molecule has 0 unspecified atom stereocenters. The molecule has 3 aliphatic heterocycles. The number of nitrogens with zero attached hydrogens (tertiary/aromatic N) is 7. The molecule has 3 amide bonds. The van der Waals surface area contributed by atoms with Gasteiger partial charge in [0.05, 0.1) is 18.8 Å². The van der Waals surface area contributed by atoms with Crippen LogP contribution < -0.4 is 16.5 Å². The van der Waals surface area contributed by atoms with E-state index in [1.807, 2.05) is 127 Å². The molecule has 516 valence electrons. The van der Waals surface area contributed by atoms with Crippen LogP contribution in [0, 0.1) is 40.0 Å². The molecule has 94 heavy (non-hydrogen) atoms. The third-order valence-corrected chi connectivity index (χ3v) is 18.0. The number of amides is 3. The number of carbonyl (C=O) groups is 3. The van der Waals surface area contributed by atoms with Crippen LogP contribution in [0.25, 0.3) is 11.6 Å². The zero-order valence-corrected chi connectivity index (χ0v) is 71.0. The Morgan fingerprint density at radius 3 is 1.21 bits per heavy atom. The Balaban J connectivity index is 0.000000301. The molecule has 0 N–H and O–H groups in total. The molecule has 0 spiro atoms. The van der Waals surface area contributed by atoms with Gasteiger partial charge in [0.2, 0.25) is 0 Å². The SMILES string of the molecule is BrCCBr.CC(C)(C)OC(=O)N1CC[CH-]CC1.CC1CCN(C(=O)OC(C)(C)C)CC1.C[Si](C)(C)Cl.Cc1ccc(C)n1-c1cccc(Br)n1.Cc1ccc(C)n1-c1cccc(C2CCN(C(=O)OC(C)(C)C)CC2)n1.[Zn+][I].c1coc(P(c2ccco2)c2ccco2)c1. The molecule has 24 heteroatoms. The number of furan rings is 3. The van der Waals surface area contributed by atoms with Crippen molar-refractivity contribution in [3.05, 3.63) is 155 Å². The van der Waals surface area contributed by atoms with E-state index in [4.69, 9.17) is 43.5 Å². The maximum Gasteiger partial charge on any atom is 0.140 e. The van der Waals surface area contributed by atoms with E-state index >= 15 is 0 Å². The van der Waals surface area contributed by atoms with Crippen LogP contribution >= 0.6 is 86.5 Å². The van der Waals surface area contributed by atoms with E-state index in [0.29, 0.717) is 19.0 Å². The van der Waals surface area contributed by atoms with Crippen molar-refractivity contribution < 1.29 is 56.6 Å². The van der Waals surface area contributed by atoms with Crippen molar-refractivity contribution in [1.82, 2.24) is 33.8 Å². The average molecular weight is 1710 g/mol. The monoisotopic (exact) mass is 1710 g/mol. The fraction of sp³-hybridized carbons (Fsp3) is 0.514. The molecular formula is C70H101Br3ClIN7O9PSiZn. The second-order valence-electron chi connectivity index (χ2n) is 26.5. The topological polar surface area (TPSA) is 164 Å². The van der Waals surface area contributed by atoms with Crippen LogP contribution in [-0.4, -0.2) is 126 Å². The fourth-order valence-corrected chi connectivity index (χ4v) is 11.5. The fourth-order valence-electron chi connectivity index (χ4n) is 9.35. The quantitative estimate of drug-likeness (QED) is 0.0218. The van der Waals surface area contributed by atoms with Gasteiger partial charge < -0.3 is 57.7 Å². The zero-order chi connectivity index (χ0) is 70.4. The summed E-state index contributed by atoms with van der Waals surface area (Å²) < 4.78 is 37.6. The molecule has 3 aliphatic rings. The first kappa shape index (κ1) is 84.5. The summed E-state index contributed by atoms with van der Waals surface area (Å²) in [6.07, 6.45) is 12.6. The number of likely N-dealkylation sites (tertiary alicyclic amines) is 3. The summed E-state index contributed by atoms with van der Waals surface area (Å²) >= 11 is 19.1. The van der Waals surface area contributed by atoms with E-state index < -0.39 is 20.9 Å². The molecule has 16 nitrogen and oxygen atoms in total. The summed E-state index contributed by atoms with van der Waals surface area (Å²) in [7, 11) is -1.97. The molecule has 0 atom stereocenters. The van der Waals surface area contributed by atoms with E-state index in [-0.39, 0.29) is 29.5 Å². The number of aromatic nitrogens is 4. The first-order valence-electron chi connectivity index (χ1n) is 31.8. The summed E-state index contributed by atoms with van der Waals surface area (Å²) in [6, 6.07) is 32.0. The van der Waals surface area contributed by atoms with Crippen LogP contribution in [-0.2, 0) is 29.0 Å². The van der Waals surface area contributed by atoms with Gasteiger partial charge in [0.15, 0.2) is 0 Å². The minimum Gasteiger partial charge on any atom is -0.464 e. The van der Waals surface area contributed by atoms with Crippen LogP contribution in [0.4, 0.5) is 14.4 Å². The van der Waals surface area contributed by atoms with Gasteiger partial charge in [0, 0.05) is 71.2 Å². The summed E-state index contributed by atoms with van der Waals surface area (Å²) in [5, 5.41) is 2.10. The van der Waals surface area contributed by atoms with Gasteiger partial charge in [-0.05, 0) is 236 Å². The molecule has 10 heterocycles. The van der Waals surface area contributed by atoms with Crippen molar-refractivity contribution >= 4 is 129 Å². The van der Waals surface area contributed by atoms with E-state index in [1.165, 1.54) is 37.6 Å². The van der Waals surface area contributed by atoms with Gasteiger partial charge in [-0.3, -0.25) is 0 Å². The number of ether oxygens (including phenoxy) is 3. The van der Waals surface area contributed by atoms with Gasteiger partial charge in [-0.1, -0.05) is 70.6 Å². The van der Waals surface area contributed by atoms with Gasteiger partial charge in [-0.25, -0.2) is 24.4 Å². The van der Waals surface area contributed by atoms with E-state index in [9.17, 15) is 14.4 Å². The Morgan fingerprint density at radius 2 is 0.894 bits per heavy atom. The molecule has 0 aromatic carbocycles. The van der Waals surface area contributed by atoms with Crippen molar-refractivity contribution in [1.29, 1.82) is 0 Å². The van der Waals surface area contributed by atoms with E-state index in [0.717, 1.165) is 120 Å². The normalized spacial score (nSPS) is 14.4. The average Bonchev–Trinajstić information content (AvgIpc) is 1.71. The maximum atomic E-state index is 12.2. The molecule has 7 aromatic rings. The third kappa shape index (κ3) is 32.7. The number of carbonyl (C=O) groups excluding carboxylic acids is 3. The molecule has 7 aromatic heterocycles. The predicted octanol–water partition coefficient (Wildman–Crippen LogP) is 19.7. The maximum absolute atomic E-state index is 12.2. The summed E-state index contributed by atoms with van der Waals surface area (Å²) in [5.74, 6) is 3.05. The number of hydrogen-bond acceptors (Lipinski definition) is 11. The number of hydrogen-bond donors (Lipinski definition) is 0. The molecule has 0 radical (unpaired) electrons. The molecule has 3 fully saturated rings. The van der Waals surface area contributed by atoms with Crippen molar-refractivity contribution in [2.45, 2.75) is 178 Å². The van der Waals surface area contributed by atoms with Crippen LogP contribution in [0.1, 0.15) is 142 Å². The third-order valence-electron chi connectivity index (χ3n) is 13.6. The van der Waals surface area contributed by atoms with Crippen molar-refractivity contribution in [2.75, 3.05) is 49.9 Å². The van der Waals surface area contributed by atoms with Crippen molar-refractivity contribution in [3.63, 3.8) is 0 Å². The van der Waals surface area contributed by atoms with Crippen molar-refractivity contribution in [2.24, 2.45) is 5.92 Å². The first-order chi connectivity index (χ1) is 44.2. The number of alkyl halides is 2. The summed E-state index contributed by atoms with van der Waals surface area (Å²) in [5.41, 5.74) is 7.31.